The van der Waals surface area contributed by atoms with E-state index in [9.17, 15) is 0 Å². The van der Waals surface area contributed by atoms with Gasteiger partial charge in [0.25, 0.3) is 0 Å². The lowest BCUT2D eigenvalue weighted by Crippen LogP contribution is -1.94. The van der Waals surface area contributed by atoms with Gasteiger partial charge in [-0.3, -0.25) is 0 Å². The van der Waals surface area contributed by atoms with E-state index in [4.69, 9.17) is 20.9 Å². The zero-order valence-corrected chi connectivity index (χ0v) is 13.1. The first-order valence-corrected chi connectivity index (χ1v) is 10.0. The Kier molecular flexibility index (Phi) is 11.7. The monoisotopic (exact) mass is 284 g/mol. The SMILES string of the molecule is CCCCCCCCOP(=S)(S)OCCC. The van der Waals surface area contributed by atoms with Crippen LogP contribution in [-0.2, 0) is 20.9 Å². The van der Waals surface area contributed by atoms with Gasteiger partial charge in [0.05, 0.1) is 13.2 Å². The average molecular weight is 284 g/mol. The second-order valence-electron chi connectivity index (χ2n) is 3.90. The van der Waals surface area contributed by atoms with Crippen molar-refractivity contribution in [2.24, 2.45) is 0 Å². The van der Waals surface area contributed by atoms with Gasteiger partial charge in [0.1, 0.15) is 0 Å². The van der Waals surface area contributed by atoms with Crippen LogP contribution in [0.3, 0.4) is 0 Å². The van der Waals surface area contributed by atoms with Crippen molar-refractivity contribution in [2.75, 3.05) is 13.2 Å². The molecule has 0 N–H and O–H groups in total. The molecule has 1 atom stereocenters. The fourth-order valence-electron chi connectivity index (χ4n) is 1.31. The van der Waals surface area contributed by atoms with Crippen molar-refractivity contribution in [2.45, 2.75) is 58.8 Å². The standard InChI is InChI=1S/C11H25O2PS2/c1-3-5-6-7-8-9-11-13-14(15,16)12-10-4-2/h3-11H2,1-2H3,(H,15,16). The highest BCUT2D eigenvalue weighted by molar-refractivity contribution is 8.60. The molecule has 0 rings (SSSR count). The molecule has 0 aromatic carbocycles. The van der Waals surface area contributed by atoms with Crippen LogP contribution in [0.25, 0.3) is 0 Å². The minimum atomic E-state index is -2.24. The number of unbranched alkanes of at least 4 members (excludes halogenated alkanes) is 5. The van der Waals surface area contributed by atoms with E-state index in [0.717, 1.165) is 12.8 Å². The minimum absolute atomic E-state index is 0.650. The van der Waals surface area contributed by atoms with Crippen LogP contribution in [0.1, 0.15) is 58.8 Å². The van der Waals surface area contributed by atoms with Crippen LogP contribution in [0.2, 0.25) is 0 Å². The molecule has 0 aliphatic carbocycles. The molecule has 2 nitrogen and oxygen atoms in total. The van der Waals surface area contributed by atoms with Gasteiger partial charge in [0.15, 0.2) is 0 Å². The Bertz CT molecular complexity index is 200. The van der Waals surface area contributed by atoms with Crippen molar-refractivity contribution in [1.29, 1.82) is 0 Å². The van der Waals surface area contributed by atoms with Crippen molar-refractivity contribution in [1.82, 2.24) is 0 Å². The topological polar surface area (TPSA) is 18.5 Å². The van der Waals surface area contributed by atoms with E-state index < -0.39 is 5.69 Å². The third-order valence-electron chi connectivity index (χ3n) is 2.21. The fraction of sp³-hybridized carbons (Fsp3) is 1.00. The Labute approximate surface area is 111 Å². The molecule has 16 heavy (non-hydrogen) atoms. The van der Waals surface area contributed by atoms with Crippen molar-refractivity contribution in [3.8, 4) is 0 Å². The van der Waals surface area contributed by atoms with E-state index in [2.05, 4.69) is 26.1 Å². The maximum atomic E-state index is 5.51. The summed E-state index contributed by atoms with van der Waals surface area (Å²) in [5, 5.41) is 0. The fourth-order valence-corrected chi connectivity index (χ4v) is 3.09. The average Bonchev–Trinajstić information content (AvgIpc) is 2.25. The van der Waals surface area contributed by atoms with Crippen molar-refractivity contribution < 1.29 is 9.05 Å². The Balaban J connectivity index is 3.32. The normalized spacial score (nSPS) is 14.9. The summed E-state index contributed by atoms with van der Waals surface area (Å²) >= 11 is 9.42. The van der Waals surface area contributed by atoms with Crippen molar-refractivity contribution in [3.05, 3.63) is 0 Å². The Morgan fingerprint density at radius 2 is 1.44 bits per heavy atom. The second kappa shape index (κ2) is 11.0. The van der Waals surface area contributed by atoms with Crippen LogP contribution < -0.4 is 0 Å². The predicted octanol–water partition coefficient (Wildman–Crippen LogP) is 4.94. The lowest BCUT2D eigenvalue weighted by Gasteiger charge is -2.15. The summed E-state index contributed by atoms with van der Waals surface area (Å²) in [7, 11) is 0. The zero-order chi connectivity index (χ0) is 12.3. The molecular formula is C11H25O2PS2. The number of rotatable bonds is 11. The first kappa shape index (κ1) is 16.9. The van der Waals surface area contributed by atoms with Crippen LogP contribution in [0.4, 0.5) is 0 Å². The molecule has 0 aliphatic rings. The molecule has 0 spiro atoms. The van der Waals surface area contributed by atoms with Crippen molar-refractivity contribution >= 4 is 29.7 Å². The highest BCUT2D eigenvalue weighted by atomic mass is 32.9. The van der Waals surface area contributed by atoms with E-state index in [1.807, 2.05) is 0 Å². The van der Waals surface area contributed by atoms with Crippen molar-refractivity contribution in [3.63, 3.8) is 0 Å². The molecule has 0 aromatic heterocycles. The highest BCUT2D eigenvalue weighted by Gasteiger charge is 2.11. The number of hydrogen-bond donors (Lipinski definition) is 1. The maximum absolute atomic E-state index is 5.51. The Morgan fingerprint density at radius 3 is 2.06 bits per heavy atom. The molecule has 0 amide bonds. The van der Waals surface area contributed by atoms with E-state index in [1.165, 1.54) is 32.1 Å². The first-order valence-electron chi connectivity index (χ1n) is 6.24. The molecule has 1 unspecified atom stereocenters. The summed E-state index contributed by atoms with van der Waals surface area (Å²) in [6.45, 7) is 5.62. The quantitative estimate of drug-likeness (QED) is 0.329. The van der Waals surface area contributed by atoms with Crippen LogP contribution in [0.5, 0.6) is 0 Å². The smallest absolute Gasteiger partial charge is 0.244 e. The minimum Gasteiger partial charge on any atom is -0.322 e. The van der Waals surface area contributed by atoms with Gasteiger partial charge in [-0.05, 0) is 24.6 Å². The van der Waals surface area contributed by atoms with Gasteiger partial charge in [0.2, 0.25) is 5.69 Å². The largest absolute Gasteiger partial charge is 0.322 e. The van der Waals surface area contributed by atoms with Gasteiger partial charge in [0, 0.05) is 0 Å². The molecule has 0 aromatic rings. The second-order valence-corrected chi connectivity index (χ2v) is 9.19. The van der Waals surface area contributed by atoms with Gasteiger partial charge >= 0.3 is 0 Å². The van der Waals surface area contributed by atoms with E-state index in [0.29, 0.717) is 13.2 Å². The number of thiol groups is 1. The third kappa shape index (κ3) is 11.4. The van der Waals surface area contributed by atoms with E-state index in [1.54, 1.807) is 0 Å². The summed E-state index contributed by atoms with van der Waals surface area (Å²) in [5.74, 6) is 0. The molecule has 98 valence electrons. The van der Waals surface area contributed by atoms with Crippen LogP contribution in [0.15, 0.2) is 0 Å². The molecule has 5 heteroatoms. The van der Waals surface area contributed by atoms with E-state index in [-0.39, 0.29) is 0 Å². The Morgan fingerprint density at radius 1 is 0.875 bits per heavy atom. The van der Waals surface area contributed by atoms with Gasteiger partial charge in [-0.25, -0.2) is 0 Å². The summed E-state index contributed by atoms with van der Waals surface area (Å²) in [5.41, 5.74) is -2.24. The molecule has 0 saturated carbocycles. The molecule has 0 fully saturated rings. The molecule has 0 heterocycles. The molecular weight excluding hydrogens is 259 g/mol. The summed E-state index contributed by atoms with van der Waals surface area (Å²) in [6.07, 6.45) is 8.50. The van der Waals surface area contributed by atoms with Gasteiger partial charge < -0.3 is 9.05 Å². The van der Waals surface area contributed by atoms with Crippen LogP contribution >= 0.6 is 17.9 Å². The third-order valence-corrected chi connectivity index (χ3v) is 4.55. The highest BCUT2D eigenvalue weighted by Crippen LogP contribution is 2.53. The molecule has 0 aliphatic heterocycles. The van der Waals surface area contributed by atoms with Gasteiger partial charge in [-0.15, -0.1) is 0 Å². The summed E-state index contributed by atoms with van der Waals surface area (Å²) in [6, 6.07) is 0. The van der Waals surface area contributed by atoms with E-state index >= 15 is 0 Å². The summed E-state index contributed by atoms with van der Waals surface area (Å²) in [4.78, 5) is 0. The van der Waals surface area contributed by atoms with Crippen LogP contribution in [0, 0.1) is 0 Å². The molecule has 0 bridgehead atoms. The Hall–Kier alpha value is 0.920. The lowest BCUT2D eigenvalue weighted by molar-refractivity contribution is 0.254. The maximum Gasteiger partial charge on any atom is 0.244 e. The lowest BCUT2D eigenvalue weighted by atomic mass is 10.1. The first-order chi connectivity index (χ1) is 7.62. The summed E-state index contributed by atoms with van der Waals surface area (Å²) < 4.78 is 10.9. The van der Waals surface area contributed by atoms with Crippen LogP contribution in [-0.4, -0.2) is 13.2 Å². The molecule has 0 radical (unpaired) electrons. The van der Waals surface area contributed by atoms with Gasteiger partial charge in [-0.1, -0.05) is 58.2 Å². The molecule has 0 saturated heterocycles. The number of hydrogen-bond acceptors (Lipinski definition) is 3. The zero-order valence-electron chi connectivity index (χ0n) is 10.5. The van der Waals surface area contributed by atoms with Gasteiger partial charge in [-0.2, -0.15) is 0 Å². The predicted molar refractivity (Wildman–Crippen MR) is 78.8 cm³/mol.